The lowest BCUT2D eigenvalue weighted by Gasteiger charge is -2.43. The zero-order valence-electron chi connectivity index (χ0n) is 15.1. The number of aryl methyl sites for hydroxylation is 1. The van der Waals surface area contributed by atoms with Crippen molar-refractivity contribution in [3.05, 3.63) is 29.8 Å². The van der Waals surface area contributed by atoms with E-state index in [0.29, 0.717) is 25.9 Å². The van der Waals surface area contributed by atoms with Crippen LogP contribution in [0, 0.1) is 18.8 Å². The van der Waals surface area contributed by atoms with Crippen LogP contribution >= 0.6 is 0 Å². The van der Waals surface area contributed by atoms with Crippen LogP contribution in [-0.2, 0) is 9.59 Å². The van der Waals surface area contributed by atoms with E-state index in [9.17, 15) is 14.7 Å². The Morgan fingerprint density at radius 1 is 1.04 bits per heavy atom. The molecule has 1 aliphatic carbocycles. The zero-order valence-corrected chi connectivity index (χ0v) is 15.1. The molecule has 1 saturated carbocycles. The van der Waals surface area contributed by atoms with Crippen molar-refractivity contribution in [2.24, 2.45) is 11.8 Å². The Morgan fingerprint density at radius 3 is 2.28 bits per heavy atom. The number of carbonyl (C=O) groups excluding carboxylic acids is 1. The second-order valence-electron chi connectivity index (χ2n) is 7.50. The average Bonchev–Trinajstić information content (AvgIpc) is 2.62. The summed E-state index contributed by atoms with van der Waals surface area (Å²) < 4.78 is 0. The van der Waals surface area contributed by atoms with Gasteiger partial charge in [0.15, 0.2) is 0 Å². The lowest BCUT2D eigenvalue weighted by molar-refractivity contribution is -0.152. The fourth-order valence-corrected chi connectivity index (χ4v) is 4.23. The zero-order chi connectivity index (χ0) is 18.0. The van der Waals surface area contributed by atoms with Gasteiger partial charge in [-0.2, -0.15) is 0 Å². The SMILES string of the molecule is Cc1ccc(N2CCN(C(=O)[C@@H]3CCCC[C@H]3C(=O)O)C[C@@H]2C)cc1. The van der Waals surface area contributed by atoms with Crippen LogP contribution in [0.15, 0.2) is 24.3 Å². The quantitative estimate of drug-likeness (QED) is 0.916. The largest absolute Gasteiger partial charge is 0.481 e. The predicted molar refractivity (Wildman–Crippen MR) is 97.7 cm³/mol. The van der Waals surface area contributed by atoms with Gasteiger partial charge in [0, 0.05) is 31.4 Å². The van der Waals surface area contributed by atoms with Crippen LogP contribution in [0.1, 0.15) is 38.2 Å². The minimum absolute atomic E-state index is 0.0440. The first-order valence-electron chi connectivity index (χ1n) is 9.32. The second-order valence-corrected chi connectivity index (χ2v) is 7.50. The molecule has 0 radical (unpaired) electrons. The summed E-state index contributed by atoms with van der Waals surface area (Å²) in [5.41, 5.74) is 2.42. The first kappa shape index (κ1) is 17.8. The van der Waals surface area contributed by atoms with Crippen molar-refractivity contribution < 1.29 is 14.7 Å². The second kappa shape index (κ2) is 7.46. The Labute approximate surface area is 149 Å². The summed E-state index contributed by atoms with van der Waals surface area (Å²) in [5, 5.41) is 9.44. The van der Waals surface area contributed by atoms with Crippen LogP contribution in [0.2, 0.25) is 0 Å². The van der Waals surface area contributed by atoms with Crippen LogP contribution in [-0.4, -0.2) is 47.6 Å². The molecule has 3 atom stereocenters. The van der Waals surface area contributed by atoms with Crippen molar-refractivity contribution in [1.29, 1.82) is 0 Å². The molecule has 1 heterocycles. The molecule has 2 aliphatic rings. The van der Waals surface area contributed by atoms with Crippen LogP contribution in [0.25, 0.3) is 0 Å². The average molecular weight is 344 g/mol. The fraction of sp³-hybridized carbons (Fsp3) is 0.600. The van der Waals surface area contributed by atoms with Crippen molar-refractivity contribution in [2.75, 3.05) is 24.5 Å². The minimum Gasteiger partial charge on any atom is -0.481 e. The Morgan fingerprint density at radius 2 is 1.68 bits per heavy atom. The van der Waals surface area contributed by atoms with Crippen LogP contribution < -0.4 is 4.90 Å². The number of nitrogens with zero attached hydrogens (tertiary/aromatic N) is 2. The molecule has 3 rings (SSSR count). The number of rotatable bonds is 3. The highest BCUT2D eigenvalue weighted by Gasteiger charge is 2.39. The van der Waals surface area contributed by atoms with Crippen molar-refractivity contribution in [3.8, 4) is 0 Å². The molecular weight excluding hydrogens is 316 g/mol. The maximum atomic E-state index is 12.9. The van der Waals surface area contributed by atoms with Gasteiger partial charge in [-0.25, -0.2) is 0 Å². The van der Waals surface area contributed by atoms with Gasteiger partial charge in [0.05, 0.1) is 11.8 Å². The van der Waals surface area contributed by atoms with Crippen LogP contribution in [0.5, 0.6) is 0 Å². The molecular formula is C20H28N2O3. The number of amides is 1. The molecule has 1 aromatic carbocycles. The summed E-state index contributed by atoms with van der Waals surface area (Å²) in [5.74, 6) is -1.62. The molecule has 1 saturated heterocycles. The summed E-state index contributed by atoms with van der Waals surface area (Å²) in [4.78, 5) is 28.7. The smallest absolute Gasteiger partial charge is 0.307 e. The summed E-state index contributed by atoms with van der Waals surface area (Å²) in [6.07, 6.45) is 3.21. The highest BCUT2D eigenvalue weighted by molar-refractivity contribution is 5.85. The van der Waals surface area contributed by atoms with E-state index in [2.05, 4.69) is 43.0 Å². The van der Waals surface area contributed by atoms with Crippen molar-refractivity contribution in [1.82, 2.24) is 4.90 Å². The first-order chi connectivity index (χ1) is 12.0. The minimum atomic E-state index is -0.815. The van der Waals surface area contributed by atoms with Gasteiger partial charge in [-0.05, 0) is 38.8 Å². The van der Waals surface area contributed by atoms with E-state index in [1.54, 1.807) is 0 Å². The lowest BCUT2D eigenvalue weighted by atomic mass is 9.78. The van der Waals surface area contributed by atoms with Gasteiger partial charge in [-0.3, -0.25) is 9.59 Å². The highest BCUT2D eigenvalue weighted by Crippen LogP contribution is 2.32. The third-order valence-corrected chi connectivity index (χ3v) is 5.71. The van der Waals surface area contributed by atoms with Crippen molar-refractivity contribution >= 4 is 17.6 Å². The Balaban J connectivity index is 1.66. The summed E-state index contributed by atoms with van der Waals surface area (Å²) in [6, 6.07) is 8.71. The van der Waals surface area contributed by atoms with Crippen molar-refractivity contribution in [2.45, 2.75) is 45.6 Å². The predicted octanol–water partition coefficient (Wildman–Crippen LogP) is 2.92. The van der Waals surface area contributed by atoms with Gasteiger partial charge in [0.25, 0.3) is 0 Å². The fourth-order valence-electron chi connectivity index (χ4n) is 4.23. The molecule has 25 heavy (non-hydrogen) atoms. The maximum Gasteiger partial charge on any atom is 0.307 e. The van der Waals surface area contributed by atoms with E-state index in [1.165, 1.54) is 11.3 Å². The number of aliphatic carboxylic acids is 1. The summed E-state index contributed by atoms with van der Waals surface area (Å²) in [7, 11) is 0. The number of hydrogen-bond acceptors (Lipinski definition) is 3. The molecule has 0 aromatic heterocycles. The molecule has 5 heteroatoms. The van der Waals surface area contributed by atoms with Crippen LogP contribution in [0.3, 0.4) is 0 Å². The van der Waals surface area contributed by atoms with Crippen LogP contribution in [0.4, 0.5) is 5.69 Å². The standard InChI is InChI=1S/C20H28N2O3/c1-14-7-9-16(10-8-14)22-12-11-21(13-15(22)2)19(23)17-5-3-4-6-18(17)20(24)25/h7-10,15,17-18H,3-6,11-13H2,1-2H3,(H,24,25)/t15-,17+,18+/m0/s1. The van der Waals surface area contributed by atoms with E-state index in [-0.39, 0.29) is 17.9 Å². The topological polar surface area (TPSA) is 60.9 Å². The van der Waals surface area contributed by atoms with E-state index in [1.807, 2.05) is 4.90 Å². The number of benzene rings is 1. The first-order valence-corrected chi connectivity index (χ1v) is 9.32. The van der Waals surface area contributed by atoms with Gasteiger partial charge in [-0.1, -0.05) is 30.5 Å². The van der Waals surface area contributed by atoms with Gasteiger partial charge >= 0.3 is 5.97 Å². The molecule has 1 aromatic rings. The maximum absolute atomic E-state index is 12.9. The number of hydrogen-bond donors (Lipinski definition) is 1. The van der Waals surface area contributed by atoms with Gasteiger partial charge in [0.2, 0.25) is 5.91 Å². The normalized spacial score (nSPS) is 27.2. The number of piperazine rings is 1. The number of anilines is 1. The third kappa shape index (κ3) is 3.80. The molecule has 0 bridgehead atoms. The molecule has 0 spiro atoms. The van der Waals surface area contributed by atoms with Gasteiger partial charge in [0.1, 0.15) is 0 Å². The molecule has 0 unspecified atom stereocenters. The van der Waals surface area contributed by atoms with E-state index in [0.717, 1.165) is 19.4 Å². The van der Waals surface area contributed by atoms with E-state index in [4.69, 9.17) is 0 Å². The Bertz CT molecular complexity index is 628. The molecule has 1 aliphatic heterocycles. The Hall–Kier alpha value is -2.04. The van der Waals surface area contributed by atoms with E-state index < -0.39 is 11.9 Å². The Kier molecular flexibility index (Phi) is 5.30. The number of carboxylic acids is 1. The molecule has 1 N–H and O–H groups in total. The summed E-state index contributed by atoms with van der Waals surface area (Å²) in [6.45, 7) is 6.33. The highest BCUT2D eigenvalue weighted by atomic mass is 16.4. The number of carboxylic acid groups (broad SMARTS) is 1. The van der Waals surface area contributed by atoms with Gasteiger partial charge in [-0.15, -0.1) is 0 Å². The third-order valence-electron chi connectivity index (χ3n) is 5.71. The molecule has 2 fully saturated rings. The monoisotopic (exact) mass is 344 g/mol. The molecule has 136 valence electrons. The summed E-state index contributed by atoms with van der Waals surface area (Å²) >= 11 is 0. The van der Waals surface area contributed by atoms with Gasteiger partial charge < -0.3 is 14.9 Å². The lowest BCUT2D eigenvalue weighted by Crippen LogP contribution is -2.56. The molecule has 5 nitrogen and oxygen atoms in total. The van der Waals surface area contributed by atoms with E-state index >= 15 is 0 Å². The number of carbonyl (C=O) groups is 2. The van der Waals surface area contributed by atoms with Crippen molar-refractivity contribution in [3.63, 3.8) is 0 Å². The molecule has 1 amide bonds.